The molecule has 1 fully saturated rings. The predicted octanol–water partition coefficient (Wildman–Crippen LogP) is 3.65. The van der Waals surface area contributed by atoms with E-state index in [4.69, 9.17) is 0 Å². The third-order valence-corrected chi connectivity index (χ3v) is 6.08. The summed E-state index contributed by atoms with van der Waals surface area (Å²) < 4.78 is 13.2. The van der Waals surface area contributed by atoms with Crippen LogP contribution in [-0.4, -0.2) is 53.6 Å². The fourth-order valence-corrected chi connectivity index (χ4v) is 4.27. The van der Waals surface area contributed by atoms with Crippen LogP contribution in [0.25, 0.3) is 10.6 Å². The van der Waals surface area contributed by atoms with Gasteiger partial charge in [-0.1, -0.05) is 11.3 Å². The molecule has 0 spiro atoms. The van der Waals surface area contributed by atoms with Crippen LogP contribution in [0.5, 0.6) is 0 Å². The van der Waals surface area contributed by atoms with Crippen molar-refractivity contribution < 1.29 is 14.0 Å². The fourth-order valence-electron chi connectivity index (χ4n) is 3.52. The Bertz CT molecular complexity index is 1080. The number of anilines is 2. The molecule has 3 aromatic rings. The van der Waals surface area contributed by atoms with Crippen molar-refractivity contribution in [2.45, 2.75) is 18.9 Å². The Morgan fingerprint density at radius 1 is 1.10 bits per heavy atom. The standard InChI is InChI=1S/C22H22FN5O2S/c1-27(2)17-11-7-14(8-12-17)20-25-26-22(31-20)24-19(29)18-4-3-13-28(18)21(30)15-5-9-16(23)10-6-15/h5-12,18H,3-4,13H2,1-2H3,(H,24,26,29). The molecule has 0 saturated carbocycles. The lowest BCUT2D eigenvalue weighted by molar-refractivity contribution is -0.119. The van der Waals surface area contributed by atoms with Gasteiger partial charge in [0.05, 0.1) is 0 Å². The summed E-state index contributed by atoms with van der Waals surface area (Å²) in [6.07, 6.45) is 1.29. The lowest BCUT2D eigenvalue weighted by Crippen LogP contribution is -2.43. The Labute approximate surface area is 183 Å². The molecule has 0 aliphatic carbocycles. The molecule has 160 valence electrons. The van der Waals surface area contributed by atoms with Crippen LogP contribution in [0.1, 0.15) is 23.2 Å². The van der Waals surface area contributed by atoms with Crippen LogP contribution in [0.2, 0.25) is 0 Å². The van der Waals surface area contributed by atoms with Gasteiger partial charge in [0.1, 0.15) is 16.9 Å². The first kappa shape index (κ1) is 20.9. The summed E-state index contributed by atoms with van der Waals surface area (Å²) in [5.74, 6) is -0.981. The molecule has 2 heterocycles. The van der Waals surface area contributed by atoms with Crippen molar-refractivity contribution in [1.82, 2.24) is 15.1 Å². The zero-order valence-electron chi connectivity index (χ0n) is 17.2. The van der Waals surface area contributed by atoms with Gasteiger partial charge in [0.2, 0.25) is 11.0 Å². The lowest BCUT2D eigenvalue weighted by Gasteiger charge is -2.23. The van der Waals surface area contributed by atoms with E-state index in [0.29, 0.717) is 28.7 Å². The quantitative estimate of drug-likeness (QED) is 0.657. The van der Waals surface area contributed by atoms with Gasteiger partial charge in [-0.15, -0.1) is 10.2 Å². The molecule has 4 rings (SSSR count). The number of amides is 2. The second kappa shape index (κ2) is 8.81. The highest BCUT2D eigenvalue weighted by Gasteiger charge is 2.35. The van der Waals surface area contributed by atoms with E-state index in [1.54, 1.807) is 0 Å². The molecule has 1 unspecified atom stereocenters. The molecule has 1 aliphatic rings. The Morgan fingerprint density at radius 2 is 1.81 bits per heavy atom. The molecule has 1 aliphatic heterocycles. The summed E-state index contributed by atoms with van der Waals surface area (Å²) in [6, 6.07) is 12.7. The number of hydrogen-bond acceptors (Lipinski definition) is 6. The molecule has 1 aromatic heterocycles. The first-order valence-electron chi connectivity index (χ1n) is 9.91. The summed E-state index contributed by atoms with van der Waals surface area (Å²) in [7, 11) is 3.95. The van der Waals surface area contributed by atoms with Gasteiger partial charge in [0.25, 0.3) is 5.91 Å². The Balaban J connectivity index is 1.44. The second-order valence-corrected chi connectivity index (χ2v) is 8.48. The first-order chi connectivity index (χ1) is 14.9. The Hall–Kier alpha value is -3.33. The van der Waals surface area contributed by atoms with E-state index in [9.17, 15) is 14.0 Å². The van der Waals surface area contributed by atoms with Crippen LogP contribution < -0.4 is 10.2 Å². The number of hydrogen-bond donors (Lipinski definition) is 1. The molecule has 9 heteroatoms. The molecular weight excluding hydrogens is 417 g/mol. The highest BCUT2D eigenvalue weighted by atomic mass is 32.1. The third-order valence-electron chi connectivity index (χ3n) is 5.19. The predicted molar refractivity (Wildman–Crippen MR) is 119 cm³/mol. The fraction of sp³-hybridized carbons (Fsp3) is 0.273. The van der Waals surface area contributed by atoms with Crippen LogP contribution in [0.3, 0.4) is 0 Å². The molecule has 1 saturated heterocycles. The highest BCUT2D eigenvalue weighted by molar-refractivity contribution is 7.18. The number of halogens is 1. The summed E-state index contributed by atoms with van der Waals surface area (Å²) in [4.78, 5) is 29.2. The van der Waals surface area contributed by atoms with Crippen molar-refractivity contribution in [1.29, 1.82) is 0 Å². The maximum absolute atomic E-state index is 13.2. The molecule has 7 nitrogen and oxygen atoms in total. The second-order valence-electron chi connectivity index (χ2n) is 7.51. The molecule has 1 atom stereocenters. The highest BCUT2D eigenvalue weighted by Crippen LogP contribution is 2.29. The number of rotatable bonds is 5. The van der Waals surface area contributed by atoms with Crippen LogP contribution >= 0.6 is 11.3 Å². The summed E-state index contributed by atoms with van der Waals surface area (Å²) in [5.41, 5.74) is 2.35. The maximum Gasteiger partial charge on any atom is 0.254 e. The van der Waals surface area contributed by atoms with Gasteiger partial charge in [-0.2, -0.15) is 0 Å². The lowest BCUT2D eigenvalue weighted by atomic mass is 10.1. The topological polar surface area (TPSA) is 78.4 Å². The summed E-state index contributed by atoms with van der Waals surface area (Å²) in [5, 5.41) is 12.1. The van der Waals surface area contributed by atoms with Gasteiger partial charge in [-0.25, -0.2) is 4.39 Å². The molecule has 1 N–H and O–H groups in total. The van der Waals surface area contributed by atoms with Gasteiger partial charge in [0, 0.05) is 37.5 Å². The summed E-state index contributed by atoms with van der Waals surface area (Å²) >= 11 is 1.28. The van der Waals surface area contributed by atoms with Gasteiger partial charge >= 0.3 is 0 Å². The van der Waals surface area contributed by atoms with Crippen molar-refractivity contribution in [2.24, 2.45) is 0 Å². The van der Waals surface area contributed by atoms with Crippen LogP contribution in [0.4, 0.5) is 15.2 Å². The van der Waals surface area contributed by atoms with Crippen molar-refractivity contribution in [2.75, 3.05) is 30.9 Å². The Morgan fingerprint density at radius 3 is 2.48 bits per heavy atom. The maximum atomic E-state index is 13.2. The number of nitrogens with one attached hydrogen (secondary N) is 1. The van der Waals surface area contributed by atoms with E-state index < -0.39 is 11.9 Å². The van der Waals surface area contributed by atoms with E-state index in [2.05, 4.69) is 15.5 Å². The SMILES string of the molecule is CN(C)c1ccc(-c2nnc(NC(=O)C3CCCN3C(=O)c3ccc(F)cc3)s2)cc1. The first-order valence-corrected chi connectivity index (χ1v) is 10.7. The minimum Gasteiger partial charge on any atom is -0.378 e. The summed E-state index contributed by atoms with van der Waals surface area (Å²) in [6.45, 7) is 0.480. The van der Waals surface area contributed by atoms with E-state index in [-0.39, 0.29) is 11.8 Å². The van der Waals surface area contributed by atoms with E-state index in [0.717, 1.165) is 17.7 Å². The third kappa shape index (κ3) is 4.56. The molecule has 2 amide bonds. The number of likely N-dealkylation sites (tertiary alicyclic amines) is 1. The smallest absolute Gasteiger partial charge is 0.254 e. The number of carbonyl (C=O) groups excluding carboxylic acids is 2. The Kier molecular flexibility index (Phi) is 5.94. The number of aromatic nitrogens is 2. The van der Waals surface area contributed by atoms with E-state index in [1.165, 1.54) is 40.5 Å². The largest absolute Gasteiger partial charge is 0.378 e. The monoisotopic (exact) mass is 439 g/mol. The van der Waals surface area contributed by atoms with Gasteiger partial charge in [-0.3, -0.25) is 14.9 Å². The van der Waals surface area contributed by atoms with Crippen molar-refractivity contribution in [3.05, 3.63) is 59.9 Å². The van der Waals surface area contributed by atoms with Crippen molar-refractivity contribution >= 4 is 34.0 Å². The van der Waals surface area contributed by atoms with Crippen molar-refractivity contribution in [3.63, 3.8) is 0 Å². The van der Waals surface area contributed by atoms with Crippen molar-refractivity contribution in [3.8, 4) is 10.6 Å². The molecule has 31 heavy (non-hydrogen) atoms. The normalized spacial score (nSPS) is 15.7. The van der Waals surface area contributed by atoms with Gasteiger partial charge in [0.15, 0.2) is 0 Å². The minimum absolute atomic E-state index is 0.281. The number of carbonyl (C=O) groups is 2. The average Bonchev–Trinajstić information content (AvgIpc) is 3.44. The van der Waals surface area contributed by atoms with Crippen LogP contribution in [0, 0.1) is 5.82 Å². The van der Waals surface area contributed by atoms with Crippen LogP contribution in [-0.2, 0) is 4.79 Å². The molecule has 2 aromatic carbocycles. The zero-order chi connectivity index (χ0) is 22.0. The van der Waals surface area contributed by atoms with Crippen LogP contribution in [0.15, 0.2) is 48.5 Å². The average molecular weight is 440 g/mol. The van der Waals surface area contributed by atoms with E-state index in [1.807, 2.05) is 43.3 Å². The number of nitrogens with zero attached hydrogens (tertiary/aromatic N) is 4. The minimum atomic E-state index is -0.593. The number of benzene rings is 2. The molecular formula is C22H22FN5O2S. The van der Waals surface area contributed by atoms with Gasteiger partial charge < -0.3 is 9.80 Å². The molecule has 0 bridgehead atoms. The van der Waals surface area contributed by atoms with Gasteiger partial charge in [-0.05, 0) is 61.4 Å². The van der Waals surface area contributed by atoms with E-state index >= 15 is 0 Å². The molecule has 0 radical (unpaired) electrons. The zero-order valence-corrected chi connectivity index (χ0v) is 18.0.